The normalized spacial score (nSPS) is 11.0. The molecule has 3 aromatic rings. The molecule has 0 atom stereocenters. The molecule has 0 aliphatic heterocycles. The Hall–Kier alpha value is -2.84. The topological polar surface area (TPSA) is 75.7 Å². The van der Waals surface area contributed by atoms with E-state index in [-0.39, 0.29) is 16.4 Å². The third-order valence-electron chi connectivity index (χ3n) is 3.97. The minimum Gasteiger partial charge on any atom is -0.497 e. The lowest BCUT2D eigenvalue weighted by Gasteiger charge is -2.20. The second-order valence-electron chi connectivity index (χ2n) is 5.66. The van der Waals surface area contributed by atoms with Crippen molar-refractivity contribution < 1.29 is 17.9 Å². The minimum absolute atomic E-state index is 0.0405. The molecule has 1 N–H and O–H groups in total. The first-order chi connectivity index (χ1) is 12.9. The molecular weight excluding hydrogens is 384 g/mol. The molecule has 0 bridgehead atoms. The van der Waals surface area contributed by atoms with Gasteiger partial charge in [0.2, 0.25) is 0 Å². The van der Waals surface area contributed by atoms with Crippen LogP contribution < -0.4 is 14.4 Å². The van der Waals surface area contributed by atoms with E-state index in [0.717, 1.165) is 0 Å². The van der Waals surface area contributed by atoms with E-state index in [2.05, 4.69) is 5.32 Å². The van der Waals surface area contributed by atoms with Gasteiger partial charge in [-0.25, -0.2) is 8.42 Å². The average molecular weight is 402 g/mol. The third kappa shape index (κ3) is 4.12. The molecule has 0 unspecified atom stereocenters. The Morgan fingerprint density at radius 1 is 1.11 bits per heavy atom. The molecule has 0 saturated carbocycles. The Labute approximate surface area is 162 Å². The number of nitrogens with one attached hydrogen (secondary N) is 1. The number of thiophene rings is 1. The summed E-state index contributed by atoms with van der Waals surface area (Å²) >= 11 is 1.46. The summed E-state index contributed by atoms with van der Waals surface area (Å²) in [5, 5.41) is 6.39. The molecule has 0 aliphatic carbocycles. The van der Waals surface area contributed by atoms with Gasteiger partial charge in [0.25, 0.3) is 15.9 Å². The van der Waals surface area contributed by atoms with E-state index >= 15 is 0 Å². The van der Waals surface area contributed by atoms with Gasteiger partial charge in [-0.05, 0) is 53.9 Å². The number of hydrogen-bond donors (Lipinski definition) is 1. The largest absolute Gasteiger partial charge is 0.497 e. The van der Waals surface area contributed by atoms with Crippen LogP contribution in [0.25, 0.3) is 0 Å². The van der Waals surface area contributed by atoms with E-state index in [0.29, 0.717) is 17.1 Å². The van der Waals surface area contributed by atoms with Crippen LogP contribution in [0.3, 0.4) is 0 Å². The smallest absolute Gasteiger partial charge is 0.264 e. The fourth-order valence-electron chi connectivity index (χ4n) is 2.43. The van der Waals surface area contributed by atoms with Crippen LogP contribution in [0.15, 0.2) is 70.3 Å². The lowest BCUT2D eigenvalue weighted by Crippen LogP contribution is -2.26. The standard InChI is InChI=1S/C19H18N2O4S2/c1-21(16-6-8-17(25-2)9-7-16)27(23,24)18-5-3-4-14(12-18)19(22)20-15-10-11-26-13-15/h3-13H,1-2H3,(H,20,22). The first-order valence-electron chi connectivity index (χ1n) is 7.98. The number of rotatable bonds is 6. The number of amides is 1. The highest BCUT2D eigenvalue weighted by Gasteiger charge is 2.22. The van der Waals surface area contributed by atoms with Crippen molar-refractivity contribution >= 4 is 38.6 Å². The number of carbonyl (C=O) groups excluding carboxylic acids is 1. The van der Waals surface area contributed by atoms with E-state index in [4.69, 9.17) is 4.74 Å². The van der Waals surface area contributed by atoms with Crippen LogP contribution in [-0.2, 0) is 10.0 Å². The van der Waals surface area contributed by atoms with Crippen molar-refractivity contribution in [2.24, 2.45) is 0 Å². The Kier molecular flexibility index (Phi) is 5.48. The fraction of sp³-hybridized carbons (Fsp3) is 0.105. The molecule has 0 saturated heterocycles. The number of ether oxygens (including phenoxy) is 1. The van der Waals surface area contributed by atoms with Crippen molar-refractivity contribution in [3.8, 4) is 5.75 Å². The quantitative estimate of drug-likeness (QED) is 0.680. The Balaban J connectivity index is 1.86. The monoisotopic (exact) mass is 402 g/mol. The highest BCUT2D eigenvalue weighted by molar-refractivity contribution is 7.92. The number of carbonyl (C=O) groups is 1. The van der Waals surface area contributed by atoms with Gasteiger partial charge in [-0.2, -0.15) is 11.3 Å². The number of nitrogens with zero attached hydrogens (tertiary/aromatic N) is 1. The summed E-state index contributed by atoms with van der Waals surface area (Å²) in [5.41, 5.74) is 1.43. The maximum atomic E-state index is 12.9. The molecule has 27 heavy (non-hydrogen) atoms. The second kappa shape index (κ2) is 7.81. The molecule has 0 spiro atoms. The van der Waals surface area contributed by atoms with Gasteiger partial charge < -0.3 is 10.1 Å². The van der Waals surface area contributed by atoms with Gasteiger partial charge in [0.1, 0.15) is 5.75 Å². The van der Waals surface area contributed by atoms with Crippen LogP contribution in [0.4, 0.5) is 11.4 Å². The molecule has 8 heteroatoms. The zero-order valence-corrected chi connectivity index (χ0v) is 16.4. The minimum atomic E-state index is -3.82. The van der Waals surface area contributed by atoms with E-state index < -0.39 is 10.0 Å². The summed E-state index contributed by atoms with van der Waals surface area (Å²) in [6.45, 7) is 0. The molecule has 0 fully saturated rings. The summed E-state index contributed by atoms with van der Waals surface area (Å²) in [6.07, 6.45) is 0. The Bertz CT molecular complexity index is 1030. The molecule has 0 radical (unpaired) electrons. The van der Waals surface area contributed by atoms with Crippen molar-refractivity contribution in [3.63, 3.8) is 0 Å². The van der Waals surface area contributed by atoms with Crippen LogP contribution in [0.5, 0.6) is 5.75 Å². The molecule has 1 heterocycles. The first kappa shape index (κ1) is 18.9. The summed E-state index contributed by atoms with van der Waals surface area (Å²) in [7, 11) is -0.804. The maximum absolute atomic E-state index is 12.9. The van der Waals surface area contributed by atoms with Crippen LogP contribution in [0.2, 0.25) is 0 Å². The predicted molar refractivity (Wildman–Crippen MR) is 107 cm³/mol. The lowest BCUT2D eigenvalue weighted by atomic mass is 10.2. The van der Waals surface area contributed by atoms with Crippen molar-refractivity contribution in [2.45, 2.75) is 4.90 Å². The van der Waals surface area contributed by atoms with Crippen LogP contribution >= 0.6 is 11.3 Å². The molecule has 140 valence electrons. The molecule has 0 aliphatic rings. The first-order valence-corrected chi connectivity index (χ1v) is 10.4. The number of sulfonamides is 1. The third-order valence-corrected chi connectivity index (χ3v) is 6.43. The Morgan fingerprint density at radius 3 is 2.48 bits per heavy atom. The number of anilines is 2. The predicted octanol–water partition coefficient (Wildman–Crippen LogP) is 3.83. The van der Waals surface area contributed by atoms with Crippen molar-refractivity contribution in [3.05, 3.63) is 70.9 Å². The van der Waals surface area contributed by atoms with E-state index in [9.17, 15) is 13.2 Å². The molecule has 3 rings (SSSR count). The van der Waals surface area contributed by atoms with E-state index in [1.54, 1.807) is 55.0 Å². The highest BCUT2D eigenvalue weighted by Crippen LogP contribution is 2.25. The average Bonchev–Trinajstić information content (AvgIpc) is 3.20. The van der Waals surface area contributed by atoms with Gasteiger partial charge in [0.05, 0.1) is 23.4 Å². The maximum Gasteiger partial charge on any atom is 0.264 e. The van der Waals surface area contributed by atoms with Gasteiger partial charge in [-0.1, -0.05) is 6.07 Å². The lowest BCUT2D eigenvalue weighted by molar-refractivity contribution is 0.102. The second-order valence-corrected chi connectivity index (χ2v) is 8.41. The van der Waals surface area contributed by atoms with Crippen molar-refractivity contribution in [2.75, 3.05) is 23.8 Å². The molecular formula is C19H18N2O4S2. The molecule has 1 aromatic heterocycles. The molecule has 1 amide bonds. The van der Waals surface area contributed by atoms with E-state index in [1.165, 1.54) is 34.8 Å². The highest BCUT2D eigenvalue weighted by atomic mass is 32.2. The summed E-state index contributed by atoms with van der Waals surface area (Å²) < 4.78 is 32.1. The van der Waals surface area contributed by atoms with E-state index in [1.807, 2.05) is 5.38 Å². The van der Waals surface area contributed by atoms with Crippen LogP contribution in [0, 0.1) is 0 Å². The Morgan fingerprint density at radius 2 is 1.85 bits per heavy atom. The summed E-state index contributed by atoms with van der Waals surface area (Å²) in [5.74, 6) is 0.272. The van der Waals surface area contributed by atoms with Gasteiger partial charge >= 0.3 is 0 Å². The van der Waals surface area contributed by atoms with Gasteiger partial charge in [-0.3, -0.25) is 9.10 Å². The number of hydrogen-bond acceptors (Lipinski definition) is 5. The SMILES string of the molecule is COc1ccc(N(C)S(=O)(=O)c2cccc(C(=O)Nc3ccsc3)c2)cc1. The summed E-state index contributed by atoms with van der Waals surface area (Å²) in [4.78, 5) is 12.4. The molecule has 6 nitrogen and oxygen atoms in total. The zero-order chi connectivity index (χ0) is 19.4. The number of methoxy groups -OCH3 is 1. The van der Waals surface area contributed by atoms with Crippen LogP contribution in [0.1, 0.15) is 10.4 Å². The van der Waals surface area contributed by atoms with Gasteiger partial charge in [0, 0.05) is 18.0 Å². The molecule has 2 aromatic carbocycles. The summed E-state index contributed by atoms with van der Waals surface area (Å²) in [6, 6.07) is 14.4. The van der Waals surface area contributed by atoms with Crippen molar-refractivity contribution in [1.82, 2.24) is 0 Å². The fourth-order valence-corrected chi connectivity index (χ4v) is 4.26. The van der Waals surface area contributed by atoms with Gasteiger partial charge in [0.15, 0.2) is 0 Å². The van der Waals surface area contributed by atoms with Crippen molar-refractivity contribution in [1.29, 1.82) is 0 Å². The van der Waals surface area contributed by atoms with Crippen LogP contribution in [-0.4, -0.2) is 28.5 Å². The number of benzene rings is 2. The van der Waals surface area contributed by atoms with Gasteiger partial charge in [-0.15, -0.1) is 0 Å². The zero-order valence-electron chi connectivity index (χ0n) is 14.7.